The van der Waals surface area contributed by atoms with Gasteiger partial charge >= 0.3 is 0 Å². The molecule has 1 heterocycles. The van der Waals surface area contributed by atoms with Gasteiger partial charge in [-0.05, 0) is 43.7 Å². The molecule has 0 saturated carbocycles. The summed E-state index contributed by atoms with van der Waals surface area (Å²) in [6, 6.07) is 9.02. The number of rotatable bonds is 4. The number of hydrogen-bond donors (Lipinski definition) is 2. The van der Waals surface area contributed by atoms with Gasteiger partial charge in [0.2, 0.25) is 5.95 Å². The van der Waals surface area contributed by atoms with Gasteiger partial charge in [0.15, 0.2) is 17.5 Å². The van der Waals surface area contributed by atoms with E-state index in [-0.39, 0.29) is 11.6 Å². The number of halogens is 4. The molecule has 0 amide bonds. The van der Waals surface area contributed by atoms with Crippen LogP contribution >= 0.6 is 11.6 Å². The molecule has 8 heteroatoms. The quantitative estimate of drug-likeness (QED) is 0.576. The Labute approximate surface area is 153 Å². The average molecular weight is 379 g/mol. The maximum absolute atomic E-state index is 13.8. The number of benzene rings is 2. The molecule has 0 aliphatic carbocycles. The van der Waals surface area contributed by atoms with Crippen LogP contribution in [0.2, 0.25) is 5.02 Å². The molecule has 0 aliphatic rings. The summed E-state index contributed by atoms with van der Waals surface area (Å²) in [5, 5.41) is 6.23. The van der Waals surface area contributed by atoms with Gasteiger partial charge in [-0.3, -0.25) is 0 Å². The van der Waals surface area contributed by atoms with Gasteiger partial charge in [0, 0.05) is 22.5 Å². The lowest BCUT2D eigenvalue weighted by Gasteiger charge is -2.11. The van der Waals surface area contributed by atoms with Crippen molar-refractivity contribution in [1.82, 2.24) is 9.97 Å². The fraction of sp³-hybridized carbons (Fsp3) is 0.111. The van der Waals surface area contributed by atoms with Gasteiger partial charge < -0.3 is 10.6 Å². The van der Waals surface area contributed by atoms with E-state index in [9.17, 15) is 13.2 Å². The highest BCUT2D eigenvalue weighted by Crippen LogP contribution is 2.25. The second kappa shape index (κ2) is 7.21. The highest BCUT2D eigenvalue weighted by molar-refractivity contribution is 6.31. The van der Waals surface area contributed by atoms with Crippen LogP contribution in [0.3, 0.4) is 0 Å². The number of nitrogens with one attached hydrogen (secondary N) is 2. The second-order valence-corrected chi connectivity index (χ2v) is 6.06. The van der Waals surface area contributed by atoms with Gasteiger partial charge in [0.25, 0.3) is 0 Å². The first kappa shape index (κ1) is 18.0. The standard InChI is InChI=1S/C18H14ClF3N4/c1-9-3-4-11(8-12(9)19)24-15-7-10(2)23-18(26-15)25-14-6-5-13(20)16(21)17(14)22/h3-8H,1-2H3,(H2,23,24,25,26). The third-order valence-corrected chi connectivity index (χ3v) is 3.99. The predicted octanol–water partition coefficient (Wildman–Crippen LogP) is 5.65. The van der Waals surface area contributed by atoms with Crippen LogP contribution in [0.25, 0.3) is 0 Å². The van der Waals surface area contributed by atoms with Crippen molar-refractivity contribution < 1.29 is 13.2 Å². The van der Waals surface area contributed by atoms with Crippen molar-refractivity contribution in [3.8, 4) is 0 Å². The lowest BCUT2D eigenvalue weighted by atomic mass is 10.2. The fourth-order valence-corrected chi connectivity index (χ4v) is 2.43. The van der Waals surface area contributed by atoms with Gasteiger partial charge in [-0.15, -0.1) is 0 Å². The summed E-state index contributed by atoms with van der Waals surface area (Å²) in [5.41, 5.74) is 1.97. The summed E-state index contributed by atoms with van der Waals surface area (Å²) in [6.07, 6.45) is 0. The van der Waals surface area contributed by atoms with Crippen molar-refractivity contribution in [2.45, 2.75) is 13.8 Å². The van der Waals surface area contributed by atoms with Gasteiger partial charge in [-0.1, -0.05) is 17.7 Å². The molecule has 2 N–H and O–H groups in total. The van der Waals surface area contributed by atoms with E-state index in [1.54, 1.807) is 19.1 Å². The van der Waals surface area contributed by atoms with Crippen LogP contribution in [0.15, 0.2) is 36.4 Å². The summed E-state index contributed by atoms with van der Waals surface area (Å²) in [6.45, 7) is 3.61. The van der Waals surface area contributed by atoms with E-state index >= 15 is 0 Å². The predicted molar refractivity (Wildman–Crippen MR) is 95.8 cm³/mol. The molecule has 3 rings (SSSR count). The highest BCUT2D eigenvalue weighted by Gasteiger charge is 2.14. The molecule has 26 heavy (non-hydrogen) atoms. The molecular weight excluding hydrogens is 365 g/mol. The molecule has 3 aromatic rings. The van der Waals surface area contributed by atoms with E-state index in [1.165, 1.54) is 0 Å². The lowest BCUT2D eigenvalue weighted by Crippen LogP contribution is -2.05. The van der Waals surface area contributed by atoms with Crippen LogP contribution in [0.1, 0.15) is 11.3 Å². The molecule has 0 aliphatic heterocycles. The Morgan fingerprint density at radius 3 is 2.38 bits per heavy atom. The lowest BCUT2D eigenvalue weighted by molar-refractivity contribution is 0.449. The van der Waals surface area contributed by atoms with Crippen LogP contribution in [0.4, 0.5) is 36.3 Å². The van der Waals surface area contributed by atoms with E-state index in [0.717, 1.165) is 17.7 Å². The van der Waals surface area contributed by atoms with E-state index < -0.39 is 17.5 Å². The largest absolute Gasteiger partial charge is 0.340 e. The summed E-state index contributed by atoms with van der Waals surface area (Å²) >= 11 is 6.10. The van der Waals surface area contributed by atoms with E-state index in [1.807, 2.05) is 19.1 Å². The normalized spacial score (nSPS) is 10.7. The highest BCUT2D eigenvalue weighted by atomic mass is 35.5. The zero-order valence-corrected chi connectivity index (χ0v) is 14.6. The first-order chi connectivity index (χ1) is 12.3. The van der Waals surface area contributed by atoms with Crippen molar-refractivity contribution in [3.63, 3.8) is 0 Å². The van der Waals surface area contributed by atoms with Crippen LogP contribution < -0.4 is 10.6 Å². The minimum Gasteiger partial charge on any atom is -0.340 e. The summed E-state index contributed by atoms with van der Waals surface area (Å²) in [4.78, 5) is 8.33. The second-order valence-electron chi connectivity index (χ2n) is 5.66. The first-order valence-corrected chi connectivity index (χ1v) is 8.00. The van der Waals surface area contributed by atoms with E-state index in [4.69, 9.17) is 11.6 Å². The van der Waals surface area contributed by atoms with Crippen LogP contribution in [0.5, 0.6) is 0 Å². The minimum atomic E-state index is -1.56. The van der Waals surface area contributed by atoms with Crippen molar-refractivity contribution in [2.24, 2.45) is 0 Å². The molecule has 0 saturated heterocycles. The van der Waals surface area contributed by atoms with E-state index in [0.29, 0.717) is 22.2 Å². The summed E-state index contributed by atoms with van der Waals surface area (Å²) < 4.78 is 40.2. The Hall–Kier alpha value is -2.80. The monoisotopic (exact) mass is 378 g/mol. The third kappa shape index (κ3) is 3.88. The Kier molecular flexibility index (Phi) is 4.99. The zero-order chi connectivity index (χ0) is 18.8. The molecule has 134 valence electrons. The molecule has 2 aromatic carbocycles. The van der Waals surface area contributed by atoms with Crippen molar-refractivity contribution in [1.29, 1.82) is 0 Å². The van der Waals surface area contributed by atoms with Gasteiger partial charge in [-0.2, -0.15) is 4.98 Å². The molecule has 0 spiro atoms. The Bertz CT molecular complexity index is 979. The molecule has 0 atom stereocenters. The van der Waals surface area contributed by atoms with Crippen LogP contribution in [-0.2, 0) is 0 Å². The molecule has 0 unspecified atom stereocenters. The van der Waals surface area contributed by atoms with E-state index in [2.05, 4.69) is 20.6 Å². The van der Waals surface area contributed by atoms with Crippen LogP contribution in [0, 0.1) is 31.3 Å². The number of hydrogen-bond acceptors (Lipinski definition) is 4. The molecule has 1 aromatic heterocycles. The summed E-state index contributed by atoms with van der Waals surface area (Å²) in [7, 11) is 0. The third-order valence-electron chi connectivity index (χ3n) is 3.58. The topological polar surface area (TPSA) is 49.8 Å². The Morgan fingerprint density at radius 2 is 1.65 bits per heavy atom. The maximum atomic E-state index is 13.8. The van der Waals surface area contributed by atoms with Crippen LogP contribution in [-0.4, -0.2) is 9.97 Å². The van der Waals surface area contributed by atoms with Crippen molar-refractivity contribution in [2.75, 3.05) is 10.6 Å². The SMILES string of the molecule is Cc1cc(Nc2ccc(C)c(Cl)c2)nc(Nc2ccc(F)c(F)c2F)n1. The van der Waals surface area contributed by atoms with Crippen molar-refractivity contribution >= 4 is 34.7 Å². The van der Waals surface area contributed by atoms with Gasteiger partial charge in [0.1, 0.15) is 5.82 Å². The minimum absolute atomic E-state index is 0.0376. The van der Waals surface area contributed by atoms with Gasteiger partial charge in [-0.25, -0.2) is 18.2 Å². The summed E-state index contributed by atoms with van der Waals surface area (Å²) in [5.74, 6) is -3.69. The first-order valence-electron chi connectivity index (χ1n) is 7.63. The smallest absolute Gasteiger partial charge is 0.229 e. The Balaban J connectivity index is 1.88. The average Bonchev–Trinajstić information content (AvgIpc) is 2.58. The number of aromatic nitrogens is 2. The van der Waals surface area contributed by atoms with Gasteiger partial charge in [0.05, 0.1) is 5.69 Å². The maximum Gasteiger partial charge on any atom is 0.229 e. The number of nitrogens with zero attached hydrogens (tertiary/aromatic N) is 2. The number of aryl methyl sites for hydroxylation is 2. The fourth-order valence-electron chi connectivity index (χ4n) is 2.25. The molecule has 4 nitrogen and oxygen atoms in total. The molecule has 0 fully saturated rings. The zero-order valence-electron chi connectivity index (χ0n) is 13.9. The number of anilines is 4. The molecule has 0 bridgehead atoms. The van der Waals surface area contributed by atoms with Crippen molar-refractivity contribution in [3.05, 3.63) is 70.1 Å². The molecular formula is C18H14ClF3N4. The Morgan fingerprint density at radius 1 is 0.885 bits per heavy atom. The molecule has 0 radical (unpaired) electrons.